The predicted octanol–water partition coefficient (Wildman–Crippen LogP) is 5.92. The highest BCUT2D eigenvalue weighted by atomic mass is 19.1. The maximum atomic E-state index is 14.0. The zero-order valence-electron chi connectivity index (χ0n) is 21.6. The van der Waals surface area contributed by atoms with Crippen LogP contribution < -0.4 is 24.7 Å². The van der Waals surface area contributed by atoms with Crippen LogP contribution in [-0.2, 0) is 11.4 Å². The summed E-state index contributed by atoms with van der Waals surface area (Å²) in [6, 6.07) is 28.0. The molecule has 4 aromatic rings. The third-order valence-electron chi connectivity index (χ3n) is 6.31. The van der Waals surface area contributed by atoms with E-state index in [1.54, 1.807) is 60.7 Å². The molecule has 0 saturated carbocycles. The van der Waals surface area contributed by atoms with Crippen LogP contribution in [0.2, 0.25) is 0 Å². The van der Waals surface area contributed by atoms with E-state index in [9.17, 15) is 14.4 Å². The second-order valence-corrected chi connectivity index (χ2v) is 9.16. The third-order valence-corrected chi connectivity index (χ3v) is 6.31. The highest BCUT2D eigenvalue weighted by Crippen LogP contribution is 2.44. The van der Waals surface area contributed by atoms with Crippen molar-refractivity contribution in [2.45, 2.75) is 19.4 Å². The van der Waals surface area contributed by atoms with Gasteiger partial charge in [-0.15, -0.1) is 0 Å². The molecule has 1 heterocycles. The molecule has 1 unspecified atom stereocenters. The Bertz CT molecular complexity index is 1640. The number of ether oxygens (including phenoxy) is 4. The Balaban J connectivity index is 1.34. The maximum absolute atomic E-state index is 14.0. The smallest absolute Gasteiger partial charge is 0.349 e. The van der Waals surface area contributed by atoms with Crippen LogP contribution in [-0.4, -0.2) is 12.6 Å². The lowest BCUT2D eigenvalue weighted by Crippen LogP contribution is -2.21. The van der Waals surface area contributed by atoms with Crippen LogP contribution in [0.4, 0.5) is 4.39 Å². The molecule has 0 amide bonds. The minimum atomic E-state index is -0.588. The molecule has 4 aromatic carbocycles. The molecular formula is C32H25FN2O5. The highest BCUT2D eigenvalue weighted by molar-refractivity contribution is 5.74. The van der Waals surface area contributed by atoms with E-state index in [2.05, 4.69) is 6.07 Å². The van der Waals surface area contributed by atoms with Crippen molar-refractivity contribution in [3.63, 3.8) is 0 Å². The number of carbonyl (C=O) groups excluding carboxylic acids is 1. The number of allylic oxidation sites excluding steroid dienone is 1. The van der Waals surface area contributed by atoms with Crippen LogP contribution in [0.15, 0.2) is 102 Å². The average Bonchev–Trinajstić information content (AvgIpc) is 2.95. The number of rotatable bonds is 8. The van der Waals surface area contributed by atoms with E-state index >= 15 is 0 Å². The summed E-state index contributed by atoms with van der Waals surface area (Å²) in [6.45, 7) is 1.70. The summed E-state index contributed by atoms with van der Waals surface area (Å²) in [6.07, 6.45) is 0. The molecule has 5 rings (SSSR count). The van der Waals surface area contributed by atoms with Gasteiger partial charge in [0.05, 0.1) is 5.92 Å². The molecule has 0 radical (unpaired) electrons. The zero-order valence-corrected chi connectivity index (χ0v) is 21.6. The molecule has 0 aliphatic carbocycles. The van der Waals surface area contributed by atoms with E-state index in [0.29, 0.717) is 28.4 Å². The van der Waals surface area contributed by atoms with Crippen LogP contribution in [0.1, 0.15) is 28.2 Å². The number of carbonyl (C=O) groups is 1. The first kappa shape index (κ1) is 26.3. The molecule has 0 saturated heterocycles. The Hall–Kier alpha value is -5.29. The molecule has 0 aromatic heterocycles. The predicted molar refractivity (Wildman–Crippen MR) is 145 cm³/mol. The minimum Gasteiger partial charge on any atom is -0.489 e. The molecule has 40 heavy (non-hydrogen) atoms. The van der Waals surface area contributed by atoms with Gasteiger partial charge in [-0.25, -0.2) is 9.18 Å². The van der Waals surface area contributed by atoms with Crippen LogP contribution in [0.5, 0.6) is 23.0 Å². The maximum Gasteiger partial charge on any atom is 0.349 e. The molecule has 0 spiro atoms. The summed E-state index contributed by atoms with van der Waals surface area (Å²) in [5.74, 6) is 0.116. The molecule has 0 fully saturated rings. The number of halogens is 1. The van der Waals surface area contributed by atoms with Gasteiger partial charge >= 0.3 is 5.97 Å². The summed E-state index contributed by atoms with van der Waals surface area (Å²) < 4.78 is 36.6. The van der Waals surface area contributed by atoms with E-state index < -0.39 is 11.9 Å². The Morgan fingerprint density at radius 2 is 1.73 bits per heavy atom. The first-order chi connectivity index (χ1) is 19.4. The molecule has 1 aliphatic heterocycles. The fraction of sp³-hybridized carbons (Fsp3) is 0.125. The van der Waals surface area contributed by atoms with Gasteiger partial charge in [0.15, 0.2) is 6.61 Å². The van der Waals surface area contributed by atoms with Crippen LogP contribution in [0, 0.1) is 24.1 Å². The normalized spacial score (nSPS) is 14.0. The average molecular weight is 537 g/mol. The molecule has 0 bridgehead atoms. The number of hydrogen-bond acceptors (Lipinski definition) is 7. The lowest BCUT2D eigenvalue weighted by molar-refractivity contribution is -0.136. The standard InChI is InChI=1S/C32H25FN2O5/c1-20-6-4-9-23(14-20)38-19-30(36)39-25-12-13-26-29(16-25)40-32(35)27(17-34)31(26)21-8-5-10-24(15-21)37-18-22-7-2-3-11-28(22)33/h2-16,31H,18-19,35H2,1H3. The Kier molecular flexibility index (Phi) is 7.65. The van der Waals surface area contributed by atoms with E-state index in [1.807, 2.05) is 31.2 Å². The number of fused-ring (bicyclic) bond motifs is 1. The number of aryl methyl sites for hydroxylation is 1. The monoisotopic (exact) mass is 536 g/mol. The largest absolute Gasteiger partial charge is 0.489 e. The Morgan fingerprint density at radius 1 is 0.950 bits per heavy atom. The van der Waals surface area contributed by atoms with Crippen molar-refractivity contribution in [1.82, 2.24) is 0 Å². The summed E-state index contributed by atoms with van der Waals surface area (Å²) in [4.78, 5) is 12.4. The lowest BCUT2D eigenvalue weighted by Gasteiger charge is -2.27. The van der Waals surface area contributed by atoms with E-state index in [-0.39, 0.29) is 36.2 Å². The summed E-state index contributed by atoms with van der Waals surface area (Å²) in [7, 11) is 0. The van der Waals surface area contributed by atoms with Crippen molar-refractivity contribution in [3.8, 4) is 29.1 Å². The van der Waals surface area contributed by atoms with Crippen molar-refractivity contribution in [2.75, 3.05) is 6.61 Å². The van der Waals surface area contributed by atoms with Gasteiger partial charge in [-0.1, -0.05) is 48.5 Å². The second-order valence-electron chi connectivity index (χ2n) is 9.16. The lowest BCUT2D eigenvalue weighted by atomic mass is 9.83. The molecule has 7 nitrogen and oxygen atoms in total. The van der Waals surface area contributed by atoms with Gasteiger partial charge in [0, 0.05) is 17.2 Å². The first-order valence-electron chi connectivity index (χ1n) is 12.5. The highest BCUT2D eigenvalue weighted by Gasteiger charge is 2.31. The molecule has 2 N–H and O–H groups in total. The Labute approximate surface area is 230 Å². The first-order valence-corrected chi connectivity index (χ1v) is 12.5. The SMILES string of the molecule is Cc1cccc(OCC(=O)Oc2ccc3c(c2)OC(N)=C(C#N)C3c2cccc(OCc3ccccc3F)c2)c1. The van der Waals surface area contributed by atoms with E-state index in [1.165, 1.54) is 6.07 Å². The van der Waals surface area contributed by atoms with Crippen molar-refractivity contribution >= 4 is 5.97 Å². The topological polar surface area (TPSA) is 104 Å². The van der Waals surface area contributed by atoms with Gasteiger partial charge in [0.1, 0.15) is 47.1 Å². The van der Waals surface area contributed by atoms with Gasteiger partial charge in [0.25, 0.3) is 0 Å². The van der Waals surface area contributed by atoms with Gasteiger partial charge in [-0.3, -0.25) is 0 Å². The van der Waals surface area contributed by atoms with Crippen LogP contribution >= 0.6 is 0 Å². The third kappa shape index (κ3) is 5.89. The molecule has 8 heteroatoms. The number of nitrogens with two attached hydrogens (primary N) is 1. The van der Waals surface area contributed by atoms with Crippen molar-refractivity contribution in [3.05, 3.63) is 131 Å². The fourth-order valence-corrected chi connectivity index (χ4v) is 4.41. The molecular weight excluding hydrogens is 511 g/mol. The zero-order chi connectivity index (χ0) is 28.1. The van der Waals surface area contributed by atoms with Crippen molar-refractivity contribution in [1.29, 1.82) is 5.26 Å². The Morgan fingerprint density at radius 3 is 2.50 bits per heavy atom. The second kappa shape index (κ2) is 11.6. The number of nitriles is 1. The van der Waals surface area contributed by atoms with Crippen LogP contribution in [0.3, 0.4) is 0 Å². The molecule has 1 aliphatic rings. The van der Waals surface area contributed by atoms with Gasteiger partial charge in [-0.2, -0.15) is 5.26 Å². The van der Waals surface area contributed by atoms with Crippen molar-refractivity contribution < 1.29 is 28.1 Å². The van der Waals surface area contributed by atoms with Gasteiger partial charge in [-0.05, 0) is 54.4 Å². The number of hydrogen-bond donors (Lipinski definition) is 1. The molecule has 200 valence electrons. The van der Waals surface area contributed by atoms with Crippen LogP contribution in [0.25, 0.3) is 0 Å². The number of nitrogens with zero attached hydrogens (tertiary/aromatic N) is 1. The quantitative estimate of drug-likeness (QED) is 0.220. The van der Waals surface area contributed by atoms with Gasteiger partial charge in [0.2, 0.25) is 5.88 Å². The fourth-order valence-electron chi connectivity index (χ4n) is 4.41. The van der Waals surface area contributed by atoms with E-state index in [4.69, 9.17) is 24.7 Å². The van der Waals surface area contributed by atoms with Crippen molar-refractivity contribution in [2.24, 2.45) is 5.73 Å². The summed E-state index contributed by atoms with van der Waals surface area (Å²) in [5.41, 5.74) is 9.19. The van der Waals surface area contributed by atoms with E-state index in [0.717, 1.165) is 11.1 Å². The summed E-state index contributed by atoms with van der Waals surface area (Å²) >= 11 is 0. The number of esters is 1. The van der Waals surface area contributed by atoms with Gasteiger partial charge < -0.3 is 24.7 Å². The minimum absolute atomic E-state index is 0.0475. The number of benzene rings is 4. The summed E-state index contributed by atoms with van der Waals surface area (Å²) in [5, 5.41) is 9.89. The molecule has 1 atom stereocenters.